The molecule has 2 N–H and O–H groups in total. The third-order valence-corrected chi connectivity index (χ3v) is 3.50. The number of anilines is 2. The zero-order chi connectivity index (χ0) is 16.7. The molecule has 0 saturated carbocycles. The molecular formula is C17H20ClN3O2. The number of hydrogen-bond acceptors (Lipinski definition) is 4. The molecule has 23 heavy (non-hydrogen) atoms. The van der Waals surface area contributed by atoms with Gasteiger partial charge in [-0.15, -0.1) is 0 Å². The number of hydrogen-bond donors (Lipinski definition) is 2. The molecule has 0 fully saturated rings. The first-order valence-corrected chi connectivity index (χ1v) is 7.86. The monoisotopic (exact) mass is 333 g/mol. The summed E-state index contributed by atoms with van der Waals surface area (Å²) in [5.41, 5.74) is 1.25. The third-order valence-electron chi connectivity index (χ3n) is 3.27. The van der Waals surface area contributed by atoms with E-state index in [9.17, 15) is 4.79 Å². The molecule has 0 atom stereocenters. The topological polar surface area (TPSA) is 63.2 Å². The summed E-state index contributed by atoms with van der Waals surface area (Å²) in [7, 11) is 1.59. The lowest BCUT2D eigenvalue weighted by Crippen LogP contribution is -2.24. The molecule has 6 heteroatoms. The van der Waals surface area contributed by atoms with Crippen molar-refractivity contribution in [2.24, 2.45) is 0 Å². The molecule has 1 aromatic carbocycles. The summed E-state index contributed by atoms with van der Waals surface area (Å²) < 4.78 is 5.28. The van der Waals surface area contributed by atoms with E-state index < -0.39 is 0 Å². The highest BCUT2D eigenvalue weighted by Gasteiger charge is 2.08. The molecule has 0 aliphatic carbocycles. The first-order valence-electron chi connectivity index (χ1n) is 7.49. The van der Waals surface area contributed by atoms with Crippen molar-refractivity contribution < 1.29 is 9.53 Å². The van der Waals surface area contributed by atoms with Gasteiger partial charge in [-0.05, 0) is 36.8 Å². The Labute approximate surface area is 141 Å². The number of ether oxygens (including phenoxy) is 1. The Morgan fingerprint density at radius 1 is 1.30 bits per heavy atom. The zero-order valence-corrected chi connectivity index (χ0v) is 14.0. The van der Waals surface area contributed by atoms with Gasteiger partial charge in [0, 0.05) is 17.8 Å². The van der Waals surface area contributed by atoms with Gasteiger partial charge >= 0.3 is 0 Å². The van der Waals surface area contributed by atoms with Crippen LogP contribution in [0.2, 0.25) is 5.02 Å². The number of carbonyl (C=O) groups is 1. The lowest BCUT2D eigenvalue weighted by molar-refractivity contribution is 0.0953. The van der Waals surface area contributed by atoms with Crippen LogP contribution in [0.4, 0.5) is 11.5 Å². The van der Waals surface area contributed by atoms with Crippen LogP contribution < -0.4 is 15.4 Å². The van der Waals surface area contributed by atoms with Gasteiger partial charge in [0.2, 0.25) is 0 Å². The fourth-order valence-corrected chi connectivity index (χ4v) is 2.17. The summed E-state index contributed by atoms with van der Waals surface area (Å²) in [6, 6.07) is 8.76. The van der Waals surface area contributed by atoms with Crippen molar-refractivity contribution in [1.29, 1.82) is 0 Å². The molecule has 2 rings (SSSR count). The minimum absolute atomic E-state index is 0.113. The van der Waals surface area contributed by atoms with Gasteiger partial charge in [0.1, 0.15) is 11.6 Å². The Morgan fingerprint density at radius 3 is 2.78 bits per heavy atom. The lowest BCUT2D eigenvalue weighted by Gasteiger charge is -2.11. The van der Waals surface area contributed by atoms with Gasteiger partial charge in [-0.3, -0.25) is 4.79 Å². The maximum atomic E-state index is 11.9. The van der Waals surface area contributed by atoms with Crippen molar-refractivity contribution in [2.75, 3.05) is 19.0 Å². The van der Waals surface area contributed by atoms with Crippen LogP contribution in [-0.4, -0.2) is 24.5 Å². The van der Waals surface area contributed by atoms with Gasteiger partial charge in [-0.25, -0.2) is 4.98 Å². The molecule has 0 spiro atoms. The van der Waals surface area contributed by atoms with Gasteiger partial charge in [0.15, 0.2) is 0 Å². The van der Waals surface area contributed by atoms with Crippen LogP contribution in [0, 0.1) is 0 Å². The molecule has 122 valence electrons. The predicted octanol–water partition coefficient (Wildman–Crippen LogP) is 4.02. The Morgan fingerprint density at radius 2 is 2.13 bits per heavy atom. The Balaban J connectivity index is 2.05. The van der Waals surface area contributed by atoms with E-state index in [0.29, 0.717) is 34.4 Å². The SMILES string of the molecule is CCCCNC(=O)c1ccc(Nc2cc(Cl)ccc2OC)nc1. The molecule has 0 unspecified atom stereocenters. The van der Waals surface area contributed by atoms with E-state index in [1.54, 1.807) is 43.6 Å². The van der Waals surface area contributed by atoms with Crippen LogP contribution >= 0.6 is 11.6 Å². The highest BCUT2D eigenvalue weighted by Crippen LogP contribution is 2.29. The summed E-state index contributed by atoms with van der Waals surface area (Å²) in [6.07, 6.45) is 3.55. The van der Waals surface area contributed by atoms with Crippen molar-refractivity contribution in [3.05, 3.63) is 47.1 Å². The lowest BCUT2D eigenvalue weighted by atomic mass is 10.2. The largest absolute Gasteiger partial charge is 0.495 e. The van der Waals surface area contributed by atoms with Crippen molar-refractivity contribution in [3.8, 4) is 5.75 Å². The number of carbonyl (C=O) groups excluding carboxylic acids is 1. The predicted molar refractivity (Wildman–Crippen MR) is 92.8 cm³/mol. The fourth-order valence-electron chi connectivity index (χ4n) is 2.00. The Kier molecular flexibility index (Phi) is 6.23. The number of methoxy groups -OCH3 is 1. The van der Waals surface area contributed by atoms with E-state index in [2.05, 4.69) is 22.5 Å². The molecule has 1 aromatic heterocycles. The maximum Gasteiger partial charge on any atom is 0.252 e. The summed E-state index contributed by atoms with van der Waals surface area (Å²) in [6.45, 7) is 2.76. The van der Waals surface area contributed by atoms with Crippen LogP contribution in [0.25, 0.3) is 0 Å². The molecule has 0 bridgehead atoms. The number of unbranched alkanes of at least 4 members (excludes halogenated alkanes) is 1. The van der Waals surface area contributed by atoms with E-state index in [1.807, 2.05) is 0 Å². The van der Waals surface area contributed by atoms with Crippen molar-refractivity contribution >= 4 is 29.0 Å². The first-order chi connectivity index (χ1) is 11.1. The second-order valence-electron chi connectivity index (χ2n) is 5.01. The average Bonchev–Trinajstić information content (AvgIpc) is 2.56. The number of rotatable bonds is 7. The minimum atomic E-state index is -0.113. The number of nitrogens with zero attached hydrogens (tertiary/aromatic N) is 1. The van der Waals surface area contributed by atoms with Gasteiger partial charge in [-0.1, -0.05) is 24.9 Å². The molecule has 5 nitrogen and oxygen atoms in total. The zero-order valence-electron chi connectivity index (χ0n) is 13.2. The molecule has 0 radical (unpaired) electrons. The molecule has 0 aliphatic rings. The molecular weight excluding hydrogens is 314 g/mol. The summed E-state index contributed by atoms with van der Waals surface area (Å²) in [5, 5.41) is 6.59. The standard InChI is InChI=1S/C17H20ClN3O2/c1-3-4-9-19-17(22)12-5-8-16(20-11-12)21-14-10-13(18)6-7-15(14)23-2/h5-8,10-11H,3-4,9H2,1-2H3,(H,19,22)(H,20,21). The number of halogens is 1. The van der Waals surface area contributed by atoms with Gasteiger partial charge in [-0.2, -0.15) is 0 Å². The Bertz CT molecular complexity index is 659. The van der Waals surface area contributed by atoms with Crippen LogP contribution in [-0.2, 0) is 0 Å². The number of pyridine rings is 1. The van der Waals surface area contributed by atoms with Gasteiger partial charge in [0.25, 0.3) is 5.91 Å². The third kappa shape index (κ3) is 4.86. The van der Waals surface area contributed by atoms with Crippen LogP contribution in [0.3, 0.4) is 0 Å². The van der Waals surface area contributed by atoms with E-state index in [0.717, 1.165) is 12.8 Å². The number of amides is 1. The van der Waals surface area contributed by atoms with Crippen molar-refractivity contribution in [3.63, 3.8) is 0 Å². The second-order valence-corrected chi connectivity index (χ2v) is 5.45. The van der Waals surface area contributed by atoms with Crippen molar-refractivity contribution in [1.82, 2.24) is 10.3 Å². The van der Waals surface area contributed by atoms with Crippen LogP contribution in [0.5, 0.6) is 5.75 Å². The van der Waals surface area contributed by atoms with E-state index in [4.69, 9.17) is 16.3 Å². The molecule has 0 aliphatic heterocycles. The van der Waals surface area contributed by atoms with Crippen molar-refractivity contribution in [2.45, 2.75) is 19.8 Å². The highest BCUT2D eigenvalue weighted by molar-refractivity contribution is 6.31. The fraction of sp³-hybridized carbons (Fsp3) is 0.294. The maximum absolute atomic E-state index is 11.9. The molecule has 1 heterocycles. The smallest absolute Gasteiger partial charge is 0.252 e. The number of benzene rings is 1. The van der Waals surface area contributed by atoms with Gasteiger partial charge < -0.3 is 15.4 Å². The quantitative estimate of drug-likeness (QED) is 0.751. The molecule has 0 saturated heterocycles. The van der Waals surface area contributed by atoms with Crippen LogP contribution in [0.1, 0.15) is 30.1 Å². The van der Waals surface area contributed by atoms with Gasteiger partial charge in [0.05, 0.1) is 18.4 Å². The first kappa shape index (κ1) is 17.1. The Hall–Kier alpha value is -2.27. The van der Waals surface area contributed by atoms with Crippen LogP contribution in [0.15, 0.2) is 36.5 Å². The number of aromatic nitrogens is 1. The molecule has 2 aromatic rings. The normalized spacial score (nSPS) is 10.2. The summed E-state index contributed by atoms with van der Waals surface area (Å²) in [5.74, 6) is 1.16. The van der Waals surface area contributed by atoms with E-state index in [1.165, 1.54) is 0 Å². The summed E-state index contributed by atoms with van der Waals surface area (Å²) >= 11 is 6.00. The minimum Gasteiger partial charge on any atom is -0.495 e. The summed E-state index contributed by atoms with van der Waals surface area (Å²) in [4.78, 5) is 16.2. The van der Waals surface area contributed by atoms with E-state index in [-0.39, 0.29) is 5.91 Å². The molecule has 1 amide bonds. The van der Waals surface area contributed by atoms with E-state index >= 15 is 0 Å². The average molecular weight is 334 g/mol. The number of nitrogens with one attached hydrogen (secondary N) is 2. The second kappa shape index (κ2) is 8.39. The highest BCUT2D eigenvalue weighted by atomic mass is 35.5.